The minimum Gasteiger partial charge on any atom is -0.379 e. The van der Waals surface area contributed by atoms with Gasteiger partial charge in [-0.25, -0.2) is 4.98 Å². The van der Waals surface area contributed by atoms with Crippen LogP contribution in [0.5, 0.6) is 0 Å². The Hall–Kier alpha value is -2.15. The number of thiazole rings is 1. The summed E-state index contributed by atoms with van der Waals surface area (Å²) in [7, 11) is 0. The standard InChI is InChI=1S/C16H20N4O2S/c1-12-4-5-14(15(10-12)20(21)22)17-7-6-13-11-23-16(18-13)19-8-2-3-9-19/h4-5,10-11,17H,2-3,6-9H2,1H3. The molecule has 0 radical (unpaired) electrons. The highest BCUT2D eigenvalue weighted by atomic mass is 32.1. The van der Waals surface area contributed by atoms with E-state index in [2.05, 4.69) is 20.6 Å². The smallest absolute Gasteiger partial charge is 0.292 e. The molecule has 1 aromatic heterocycles. The van der Waals surface area contributed by atoms with Gasteiger partial charge in [0, 0.05) is 37.5 Å². The molecule has 0 unspecified atom stereocenters. The number of hydrogen-bond acceptors (Lipinski definition) is 6. The molecular formula is C16H20N4O2S. The topological polar surface area (TPSA) is 71.3 Å². The van der Waals surface area contributed by atoms with Gasteiger partial charge in [-0.15, -0.1) is 11.3 Å². The lowest BCUT2D eigenvalue weighted by atomic mass is 10.2. The molecule has 0 bridgehead atoms. The normalized spacial score (nSPS) is 14.2. The van der Waals surface area contributed by atoms with E-state index >= 15 is 0 Å². The second-order valence-electron chi connectivity index (χ2n) is 5.77. The number of hydrogen-bond donors (Lipinski definition) is 1. The van der Waals surface area contributed by atoms with Gasteiger partial charge in [-0.05, 0) is 31.4 Å². The fraction of sp³-hybridized carbons (Fsp3) is 0.438. The van der Waals surface area contributed by atoms with E-state index in [1.807, 2.05) is 13.0 Å². The van der Waals surface area contributed by atoms with Crippen molar-refractivity contribution in [2.45, 2.75) is 26.2 Å². The number of anilines is 2. The van der Waals surface area contributed by atoms with Gasteiger partial charge in [-0.1, -0.05) is 6.07 Å². The SMILES string of the molecule is Cc1ccc(NCCc2csc(N3CCCC3)n2)c([N+](=O)[O-])c1. The third kappa shape index (κ3) is 3.79. The summed E-state index contributed by atoms with van der Waals surface area (Å²) >= 11 is 1.68. The maximum absolute atomic E-state index is 11.1. The second-order valence-corrected chi connectivity index (χ2v) is 6.61. The van der Waals surface area contributed by atoms with Crippen molar-refractivity contribution in [3.05, 3.63) is 45.0 Å². The number of rotatable bonds is 6. The average Bonchev–Trinajstić information content (AvgIpc) is 3.19. The molecule has 122 valence electrons. The number of nitro groups is 1. The Morgan fingerprint density at radius 3 is 2.91 bits per heavy atom. The van der Waals surface area contributed by atoms with Crippen LogP contribution in [-0.2, 0) is 6.42 Å². The summed E-state index contributed by atoms with van der Waals surface area (Å²) in [5.41, 5.74) is 2.62. The average molecular weight is 332 g/mol. The lowest BCUT2D eigenvalue weighted by Crippen LogP contribution is -2.17. The molecule has 7 heteroatoms. The van der Waals surface area contributed by atoms with Crippen molar-refractivity contribution in [2.24, 2.45) is 0 Å². The summed E-state index contributed by atoms with van der Waals surface area (Å²) in [5.74, 6) is 0. The molecule has 1 N–H and O–H groups in total. The molecule has 0 spiro atoms. The lowest BCUT2D eigenvalue weighted by molar-refractivity contribution is -0.384. The molecule has 23 heavy (non-hydrogen) atoms. The quantitative estimate of drug-likeness (QED) is 0.646. The summed E-state index contributed by atoms with van der Waals surface area (Å²) in [5, 5.41) is 17.4. The molecule has 0 aliphatic carbocycles. The van der Waals surface area contributed by atoms with Crippen molar-refractivity contribution in [1.29, 1.82) is 0 Å². The van der Waals surface area contributed by atoms with Gasteiger partial charge in [0.1, 0.15) is 5.69 Å². The minimum atomic E-state index is -0.344. The lowest BCUT2D eigenvalue weighted by Gasteiger charge is -2.12. The molecular weight excluding hydrogens is 312 g/mol. The third-order valence-corrected chi connectivity index (χ3v) is 4.91. The second kappa shape index (κ2) is 6.95. The summed E-state index contributed by atoms with van der Waals surface area (Å²) in [6.45, 7) is 4.68. The third-order valence-electron chi connectivity index (χ3n) is 3.96. The van der Waals surface area contributed by atoms with Gasteiger partial charge in [-0.2, -0.15) is 0 Å². The van der Waals surface area contributed by atoms with Gasteiger partial charge in [0.25, 0.3) is 5.69 Å². The van der Waals surface area contributed by atoms with E-state index < -0.39 is 0 Å². The molecule has 6 nitrogen and oxygen atoms in total. The molecule has 1 aliphatic rings. The molecule has 3 rings (SSSR count). The highest BCUT2D eigenvalue weighted by Gasteiger charge is 2.16. The van der Waals surface area contributed by atoms with E-state index in [4.69, 9.17) is 0 Å². The molecule has 1 fully saturated rings. The van der Waals surface area contributed by atoms with Crippen LogP contribution in [0.4, 0.5) is 16.5 Å². The highest BCUT2D eigenvalue weighted by Crippen LogP contribution is 2.26. The van der Waals surface area contributed by atoms with Gasteiger partial charge >= 0.3 is 0 Å². The van der Waals surface area contributed by atoms with Crippen LogP contribution in [0.3, 0.4) is 0 Å². The fourth-order valence-electron chi connectivity index (χ4n) is 2.73. The van der Waals surface area contributed by atoms with Gasteiger partial charge in [-0.3, -0.25) is 10.1 Å². The molecule has 1 aromatic carbocycles. The Bertz CT molecular complexity index is 695. The zero-order valence-electron chi connectivity index (χ0n) is 13.1. The predicted octanol–water partition coefficient (Wildman–Crippen LogP) is 3.61. The van der Waals surface area contributed by atoms with Crippen molar-refractivity contribution < 1.29 is 4.92 Å². The van der Waals surface area contributed by atoms with Crippen LogP contribution >= 0.6 is 11.3 Å². The van der Waals surface area contributed by atoms with Gasteiger partial charge < -0.3 is 10.2 Å². The van der Waals surface area contributed by atoms with Gasteiger partial charge in [0.05, 0.1) is 10.6 Å². The van der Waals surface area contributed by atoms with E-state index in [0.29, 0.717) is 12.2 Å². The van der Waals surface area contributed by atoms with Crippen LogP contribution in [0.2, 0.25) is 0 Å². The maximum Gasteiger partial charge on any atom is 0.292 e. The van der Waals surface area contributed by atoms with Crippen molar-refractivity contribution >= 4 is 27.8 Å². The number of aromatic nitrogens is 1. The monoisotopic (exact) mass is 332 g/mol. The highest BCUT2D eigenvalue weighted by molar-refractivity contribution is 7.13. The Morgan fingerprint density at radius 1 is 1.39 bits per heavy atom. The van der Waals surface area contributed by atoms with Crippen LogP contribution in [0, 0.1) is 17.0 Å². The van der Waals surface area contributed by atoms with Gasteiger partial charge in [0.2, 0.25) is 0 Å². The number of aryl methyl sites for hydroxylation is 1. The largest absolute Gasteiger partial charge is 0.379 e. The van der Waals surface area contributed by atoms with Crippen molar-refractivity contribution in [3.8, 4) is 0 Å². The van der Waals surface area contributed by atoms with Crippen LogP contribution in [0.25, 0.3) is 0 Å². The zero-order chi connectivity index (χ0) is 16.2. The Morgan fingerprint density at radius 2 is 2.17 bits per heavy atom. The van der Waals surface area contributed by atoms with E-state index in [9.17, 15) is 10.1 Å². The Kier molecular flexibility index (Phi) is 4.76. The first-order valence-electron chi connectivity index (χ1n) is 7.82. The summed E-state index contributed by atoms with van der Waals surface area (Å²) in [6, 6.07) is 5.24. The first-order valence-corrected chi connectivity index (χ1v) is 8.70. The first kappa shape index (κ1) is 15.7. The van der Waals surface area contributed by atoms with Crippen LogP contribution in [-0.4, -0.2) is 29.5 Å². The number of nitro benzene ring substituents is 1. The Labute approximate surface area is 139 Å². The first-order chi connectivity index (χ1) is 11.1. The molecule has 2 heterocycles. The van der Waals surface area contributed by atoms with Crippen LogP contribution in [0.1, 0.15) is 24.1 Å². The van der Waals surface area contributed by atoms with Crippen molar-refractivity contribution in [2.75, 3.05) is 29.9 Å². The molecule has 1 aliphatic heterocycles. The van der Waals surface area contributed by atoms with Crippen molar-refractivity contribution in [1.82, 2.24) is 4.98 Å². The van der Waals surface area contributed by atoms with Gasteiger partial charge in [0.15, 0.2) is 5.13 Å². The number of nitrogens with zero attached hydrogens (tertiary/aromatic N) is 3. The fourth-order valence-corrected chi connectivity index (χ4v) is 3.65. The number of benzene rings is 1. The molecule has 2 aromatic rings. The summed E-state index contributed by atoms with van der Waals surface area (Å²) < 4.78 is 0. The van der Waals surface area contributed by atoms with Crippen molar-refractivity contribution in [3.63, 3.8) is 0 Å². The zero-order valence-corrected chi connectivity index (χ0v) is 13.9. The summed E-state index contributed by atoms with van der Waals surface area (Å²) in [6.07, 6.45) is 3.25. The Balaban J connectivity index is 1.58. The van der Waals surface area contributed by atoms with E-state index in [-0.39, 0.29) is 10.6 Å². The summed E-state index contributed by atoms with van der Waals surface area (Å²) in [4.78, 5) is 17.8. The maximum atomic E-state index is 11.1. The molecule has 0 atom stereocenters. The predicted molar refractivity (Wildman–Crippen MR) is 93.6 cm³/mol. The molecule has 0 amide bonds. The van der Waals surface area contributed by atoms with Crippen LogP contribution < -0.4 is 10.2 Å². The van der Waals surface area contributed by atoms with E-state index in [1.165, 1.54) is 12.8 Å². The minimum absolute atomic E-state index is 0.126. The van der Waals surface area contributed by atoms with Crippen LogP contribution in [0.15, 0.2) is 23.6 Å². The molecule has 0 saturated carbocycles. The van der Waals surface area contributed by atoms with E-state index in [1.54, 1.807) is 23.5 Å². The number of nitrogens with one attached hydrogen (secondary N) is 1. The van der Waals surface area contributed by atoms with E-state index in [0.717, 1.165) is 35.9 Å². The molecule has 1 saturated heterocycles.